The normalized spacial score (nSPS) is 15.0. The van der Waals surface area contributed by atoms with E-state index in [9.17, 15) is 30.8 Å². The lowest BCUT2D eigenvalue weighted by atomic mass is 10.0. The van der Waals surface area contributed by atoms with Crippen molar-refractivity contribution in [3.8, 4) is 55.6 Å². The summed E-state index contributed by atoms with van der Waals surface area (Å²) < 4.78 is 66.3. The summed E-state index contributed by atoms with van der Waals surface area (Å²) >= 11 is 8.03. The lowest BCUT2D eigenvalue weighted by Crippen LogP contribution is -2.24. The number of carbonyl (C=O) groups is 2. The molecule has 5 saturated carbocycles. The molecular formula is C86H94ClFN26O8S4. The van der Waals surface area contributed by atoms with Crippen molar-refractivity contribution >= 4 is 119 Å². The zero-order chi connectivity index (χ0) is 87.2. The van der Waals surface area contributed by atoms with Crippen LogP contribution in [0.3, 0.4) is 0 Å². The summed E-state index contributed by atoms with van der Waals surface area (Å²) in [6.07, 6.45) is 24.1. The van der Waals surface area contributed by atoms with Crippen LogP contribution in [-0.4, -0.2) is 148 Å². The Bertz CT molecular complexity index is 6780. The third-order valence-electron chi connectivity index (χ3n) is 20.8. The predicted molar refractivity (Wildman–Crippen MR) is 487 cm³/mol. The number of aliphatic hydroxyl groups is 1. The van der Waals surface area contributed by atoms with Gasteiger partial charge in [0.15, 0.2) is 64.0 Å². The highest BCUT2D eigenvalue weighted by Crippen LogP contribution is 2.46. The first kappa shape index (κ1) is 84.8. The van der Waals surface area contributed by atoms with Gasteiger partial charge < -0.3 is 31.1 Å². The quantitative estimate of drug-likeness (QED) is 0.0187. The number of fused-ring (bicyclic) bond motifs is 2. The van der Waals surface area contributed by atoms with Gasteiger partial charge in [-0.3, -0.25) is 30.0 Å². The van der Waals surface area contributed by atoms with E-state index in [2.05, 4.69) is 119 Å². The number of anilines is 8. The molecule has 0 saturated heterocycles. The van der Waals surface area contributed by atoms with Gasteiger partial charge in [0, 0.05) is 150 Å². The highest BCUT2D eigenvalue weighted by Gasteiger charge is 2.36. The lowest BCUT2D eigenvalue weighted by Gasteiger charge is -2.26. The van der Waals surface area contributed by atoms with Gasteiger partial charge in [0.25, 0.3) is 0 Å². The topological polar surface area (TPSA) is 493 Å². The minimum Gasteiger partial charge on any atom is -0.469 e. The number of sulfonamides is 2. The van der Waals surface area contributed by atoms with Crippen LogP contribution in [0.4, 0.5) is 50.9 Å². The molecule has 6 aliphatic rings. The second-order valence-corrected chi connectivity index (χ2v) is 36.8. The molecule has 0 radical (unpaired) electrons. The zero-order valence-corrected chi connectivity index (χ0v) is 71.6. The van der Waals surface area contributed by atoms with Crippen molar-refractivity contribution < 1.29 is 49.2 Å². The molecule has 34 nitrogen and oxygen atoms in total. The molecule has 0 spiro atoms. The van der Waals surface area contributed by atoms with E-state index in [1.165, 1.54) is 83.6 Å². The molecular weight excluding hydrogens is 1710 g/mol. The Hall–Kier alpha value is -13.4. The van der Waals surface area contributed by atoms with Gasteiger partial charge in [-0.05, 0) is 132 Å². The molecule has 5 fully saturated rings. The first-order valence-corrected chi connectivity index (χ1v) is 45.5. The third-order valence-corrected chi connectivity index (χ3v) is 26.2. The summed E-state index contributed by atoms with van der Waals surface area (Å²) in [7, 11) is -6.11. The molecule has 1 unspecified atom stereocenters. The molecule has 5 aliphatic carbocycles. The standard InChI is InChI=1S/C20H19N5O2.C19H17ClN4O.C19H19N5O.C14H13FN6O2S2.C14H14N6O2S2.6H2/c1-27-18(26)10-16-14-11-21-19(13-5-3-2-4-6-13)23-20(14)22-17-9-15(12-7-8-12)24-25(16)17;1-11(25)16-8-13(4-5-17(16)20)19-21-7-6-14(22-19)9-15-10-18(24-23-15)12-2-3-12;25-10-4-7-15-12-20-18(14-5-2-1-3-6-14)22-19(15)21-17-11-16(23-24-17)13-8-9-13;15-8-6-17-14(10-3-4-12(24-10)25(16,22)23)19-13(8)18-11-5-9(20-21-11)7-1-2-7;15-24(21,22)13-4-3-10(23-13)14-16-6-5-11(18-14)17-12-7-9(19-20-12)8-1-2-8;;;;;;/h2-6,9,11-12,16H,7-8,10H2,1H3,(H,21,22,23);4-8,10,12H,2-3,9H2,1H3,(H,23,24);1-7,11-13,25H,8-10H2,(H2,20,21,22,23,24);3-7H,1-2H2,(H2,16,22,23)(H2,17,18,19,20,21);3-8H,1-2H2,(H2,15,21,22)(H2,16,17,18,19,20);6*1H/b;;7-4+;;;;;;;;. The largest absolute Gasteiger partial charge is 0.469 e. The lowest BCUT2D eigenvalue weighted by molar-refractivity contribution is -0.141. The molecule has 3 aromatic carbocycles. The van der Waals surface area contributed by atoms with Gasteiger partial charge in [0.05, 0.1) is 64.2 Å². The average Bonchev–Trinajstić information content (AvgIpc) is 1.59. The number of nitrogens with one attached hydrogen (secondary N) is 8. The number of Topliss-reactive ketones (excluding diaryl/α,β-unsaturated/α-hetero) is 1. The van der Waals surface area contributed by atoms with Crippen molar-refractivity contribution in [2.24, 2.45) is 10.3 Å². The number of aliphatic hydroxyl groups excluding tert-OH is 1. The molecule has 40 heteroatoms. The Kier molecular flexibility index (Phi) is 25.0. The van der Waals surface area contributed by atoms with Crippen molar-refractivity contribution in [1.82, 2.24) is 100 Å². The van der Waals surface area contributed by atoms with Gasteiger partial charge in [-0.25, -0.2) is 86.0 Å². The number of benzene rings is 3. The summed E-state index contributed by atoms with van der Waals surface area (Å²) in [4.78, 5) is 68.7. The number of carbonyl (C=O) groups excluding carboxylic acids is 2. The number of ether oxygens (including phenoxy) is 1. The Morgan fingerprint density at radius 3 is 1.69 bits per heavy atom. The molecule has 1 aliphatic heterocycles. The number of halogens is 2. The van der Waals surface area contributed by atoms with Gasteiger partial charge in [0.2, 0.25) is 20.0 Å². The summed E-state index contributed by atoms with van der Waals surface area (Å²) in [5, 5.41) is 66.2. The first-order chi connectivity index (χ1) is 61.0. The number of ketones is 1. The van der Waals surface area contributed by atoms with E-state index in [-0.39, 0.29) is 59.4 Å². The fourth-order valence-electron chi connectivity index (χ4n) is 13.5. The molecule has 0 amide bonds. The Balaban J connectivity index is 0.000000157. The SMILES string of the molecule is CC(=O)c1cc(-c2nccc(Cc3cc(C4CC4)n[nH]3)n2)ccc1Cl.COC(=O)CC1c2cnc(-c3ccccc3)nc2Nc2cc(C3CC3)nn21.NS(=O)(=O)c1ccc(-c2ncc(F)c(Nc3cc(C4CC4)[nH]n3)n2)s1.NS(=O)(=O)c1ccc(-c2nccc(Nc3cc(C4CC4)[nH]n3)n2)s1.OC/C=C/c1cnc(-c2ccccc2)nc1Nc1cc(C2CC2)[nH]n1.[HH].[HH].[HH].[HH].[HH].[HH]. The summed E-state index contributed by atoms with van der Waals surface area (Å²) in [5.74, 6) is 9.02. The minimum absolute atomic E-state index is 0. The second-order valence-electron chi connectivity index (χ2n) is 30.6. The van der Waals surface area contributed by atoms with Gasteiger partial charge >= 0.3 is 5.97 Å². The van der Waals surface area contributed by atoms with Crippen LogP contribution in [0.1, 0.15) is 183 Å². The van der Waals surface area contributed by atoms with Crippen LogP contribution >= 0.6 is 34.3 Å². The van der Waals surface area contributed by atoms with Gasteiger partial charge in [-0.15, -0.1) is 22.7 Å². The Morgan fingerprint density at radius 2 is 1.11 bits per heavy atom. The maximum atomic E-state index is 14.0. The van der Waals surface area contributed by atoms with Crippen molar-refractivity contribution in [3.05, 3.63) is 250 Å². The first-order valence-electron chi connectivity index (χ1n) is 40.4. The van der Waals surface area contributed by atoms with Gasteiger partial charge in [-0.1, -0.05) is 84.4 Å². The van der Waals surface area contributed by atoms with E-state index in [0.29, 0.717) is 109 Å². The number of nitrogens with zero attached hydrogens (tertiary/aromatic N) is 16. The number of aromatic amines is 4. The van der Waals surface area contributed by atoms with E-state index in [1.54, 1.807) is 61.2 Å². The minimum atomic E-state index is -3.80. The molecule has 21 rings (SSSR count). The number of nitrogens with two attached hydrogens (primary N) is 2. The molecule has 15 aromatic rings. The van der Waals surface area contributed by atoms with Crippen LogP contribution in [0.2, 0.25) is 5.02 Å². The highest BCUT2D eigenvalue weighted by atomic mass is 35.5. The van der Waals surface area contributed by atoms with Gasteiger partial charge in [-0.2, -0.15) is 25.5 Å². The van der Waals surface area contributed by atoms with Crippen molar-refractivity contribution in [2.75, 3.05) is 35.0 Å². The highest BCUT2D eigenvalue weighted by molar-refractivity contribution is 7.91. The Morgan fingerprint density at radius 1 is 0.571 bits per heavy atom. The van der Waals surface area contributed by atoms with E-state index >= 15 is 0 Å². The number of hydrogen-bond donors (Lipinski definition) is 11. The molecule has 654 valence electrons. The van der Waals surface area contributed by atoms with E-state index in [1.807, 2.05) is 95.7 Å². The van der Waals surface area contributed by atoms with Crippen molar-refractivity contribution in [1.29, 1.82) is 0 Å². The molecule has 13 heterocycles. The van der Waals surface area contributed by atoms with E-state index in [0.717, 1.165) is 121 Å². The van der Waals surface area contributed by atoms with Crippen LogP contribution < -0.4 is 31.5 Å². The summed E-state index contributed by atoms with van der Waals surface area (Å²) in [6, 6.07) is 44.3. The molecule has 126 heavy (non-hydrogen) atoms. The fraction of sp³-hybridized carbons (Fsp3) is 0.244. The predicted octanol–water partition coefficient (Wildman–Crippen LogP) is 17.1. The van der Waals surface area contributed by atoms with Crippen LogP contribution in [0.25, 0.3) is 61.6 Å². The van der Waals surface area contributed by atoms with Crippen molar-refractivity contribution in [3.63, 3.8) is 0 Å². The average molecular weight is 1800 g/mol. The maximum Gasteiger partial charge on any atom is 0.308 e. The van der Waals surface area contributed by atoms with Crippen LogP contribution in [0, 0.1) is 5.82 Å². The summed E-state index contributed by atoms with van der Waals surface area (Å²) in [6.45, 7) is 1.46. The van der Waals surface area contributed by atoms with Crippen LogP contribution in [0.5, 0.6) is 0 Å². The van der Waals surface area contributed by atoms with Crippen LogP contribution in [0.15, 0.2) is 191 Å². The number of aromatic nitrogens is 20. The number of hydrogen-bond acceptors (Lipinski definition) is 29. The molecule has 1 atom stereocenters. The molecule has 12 aromatic heterocycles. The molecule has 13 N–H and O–H groups in total. The maximum absolute atomic E-state index is 14.0. The number of rotatable bonds is 25. The molecule has 0 bridgehead atoms. The number of thiophene rings is 2. The van der Waals surface area contributed by atoms with Gasteiger partial charge in [0.1, 0.15) is 31.7 Å². The fourth-order valence-corrected chi connectivity index (χ4v) is 17.1. The van der Waals surface area contributed by atoms with Crippen LogP contribution in [-0.2, 0) is 36.0 Å². The number of primary sulfonamides is 2. The van der Waals surface area contributed by atoms with E-state index in [4.69, 9.17) is 41.8 Å². The number of methoxy groups -OCH3 is 1. The smallest absolute Gasteiger partial charge is 0.308 e. The summed E-state index contributed by atoms with van der Waals surface area (Å²) in [5.41, 5.74) is 12.3. The second kappa shape index (κ2) is 37.2. The zero-order valence-electron chi connectivity index (χ0n) is 67.6. The monoisotopic (exact) mass is 1800 g/mol. The Labute approximate surface area is 742 Å². The van der Waals surface area contributed by atoms with E-state index < -0.39 is 25.9 Å². The number of H-pyrrole nitrogens is 4. The van der Waals surface area contributed by atoms with Crippen molar-refractivity contribution in [2.45, 2.75) is 128 Å². The third kappa shape index (κ3) is 21.3. The number of esters is 1.